The van der Waals surface area contributed by atoms with Crippen molar-refractivity contribution in [2.45, 2.75) is 71.1 Å². The van der Waals surface area contributed by atoms with Crippen LogP contribution in [0.3, 0.4) is 0 Å². The van der Waals surface area contributed by atoms with Crippen molar-refractivity contribution >= 4 is 28.6 Å². The van der Waals surface area contributed by atoms with E-state index in [2.05, 4.69) is 55.5 Å². The van der Waals surface area contributed by atoms with Crippen LogP contribution in [0.15, 0.2) is 12.1 Å². The highest BCUT2D eigenvalue weighted by molar-refractivity contribution is 14.1. The molecule has 3 heteroatoms. The lowest BCUT2D eigenvalue weighted by atomic mass is 9.50. The van der Waals surface area contributed by atoms with E-state index in [0.717, 1.165) is 32.1 Å². The Hall–Kier alpha value is -0.580. The van der Waals surface area contributed by atoms with Crippen LogP contribution < -0.4 is 0 Å². The van der Waals surface area contributed by atoms with E-state index in [-0.39, 0.29) is 11.3 Å². The van der Waals surface area contributed by atoms with Crippen LogP contribution in [-0.2, 0) is 16.6 Å². The van der Waals surface area contributed by atoms with Crippen LogP contribution in [0.4, 0.5) is 0 Å². The van der Waals surface area contributed by atoms with Gasteiger partial charge in [0.2, 0.25) is 0 Å². The second kappa shape index (κ2) is 5.75. The summed E-state index contributed by atoms with van der Waals surface area (Å²) >= 11 is 2.52. The number of fused-ring (bicyclic) bond motifs is 3. The third kappa shape index (κ3) is 2.45. The third-order valence-electron chi connectivity index (χ3n) is 6.61. The maximum Gasteiger partial charge on any atom is 0.309 e. The summed E-state index contributed by atoms with van der Waals surface area (Å²) in [6.45, 7) is 8.80. The zero-order valence-corrected chi connectivity index (χ0v) is 16.7. The molecule has 1 aromatic carbocycles. The summed E-state index contributed by atoms with van der Waals surface area (Å²) in [5.74, 6) is 0.174. The van der Waals surface area contributed by atoms with Crippen molar-refractivity contribution in [3.8, 4) is 0 Å². The van der Waals surface area contributed by atoms with Gasteiger partial charge in [-0.15, -0.1) is 0 Å². The van der Waals surface area contributed by atoms with Crippen molar-refractivity contribution < 1.29 is 9.90 Å². The molecule has 126 valence electrons. The van der Waals surface area contributed by atoms with Crippen LogP contribution in [0.5, 0.6) is 0 Å². The molecule has 0 amide bonds. The third-order valence-corrected chi connectivity index (χ3v) is 7.89. The molecule has 0 spiro atoms. The molecule has 0 bridgehead atoms. The predicted octanol–water partition coefficient (Wildman–Crippen LogP) is 5.51. The molecule has 23 heavy (non-hydrogen) atoms. The lowest BCUT2D eigenvalue weighted by Crippen LogP contribution is -2.52. The lowest BCUT2D eigenvalue weighted by Gasteiger charge is -2.53. The molecule has 2 aliphatic carbocycles. The molecule has 3 rings (SSSR count). The first kappa shape index (κ1) is 17.2. The minimum absolute atomic E-state index is 0.00834. The first-order valence-electron chi connectivity index (χ1n) is 8.77. The smallest absolute Gasteiger partial charge is 0.309 e. The Kier molecular flexibility index (Phi) is 4.31. The number of aliphatic carboxylic acids is 1. The average molecular weight is 426 g/mol. The standard InChI is InChI=1S/C20H27IO2/c1-12(2)13-6-8-15-14(17(13)21)7-9-16-19(15,3)10-5-11-20(16,4)18(22)23/h6,8,12,16H,5,7,9-11H2,1-4H3,(H,22,23)/t16?,19-,20-/m1/s1. The molecule has 3 atom stereocenters. The van der Waals surface area contributed by atoms with Crippen molar-refractivity contribution in [3.05, 3.63) is 32.4 Å². The van der Waals surface area contributed by atoms with Crippen molar-refractivity contribution in [1.29, 1.82) is 0 Å². The van der Waals surface area contributed by atoms with Crippen molar-refractivity contribution in [1.82, 2.24) is 0 Å². The highest BCUT2D eigenvalue weighted by Gasteiger charge is 2.55. The molecule has 1 fully saturated rings. The summed E-state index contributed by atoms with van der Waals surface area (Å²) in [5.41, 5.74) is 3.78. The van der Waals surface area contributed by atoms with Gasteiger partial charge < -0.3 is 5.11 Å². The highest BCUT2D eigenvalue weighted by atomic mass is 127. The second-order valence-corrected chi connectivity index (χ2v) is 9.31. The van der Waals surface area contributed by atoms with E-state index >= 15 is 0 Å². The van der Waals surface area contributed by atoms with Gasteiger partial charge in [0.1, 0.15) is 0 Å². The summed E-state index contributed by atoms with van der Waals surface area (Å²) in [5, 5.41) is 9.87. The molecular weight excluding hydrogens is 399 g/mol. The van der Waals surface area contributed by atoms with Crippen molar-refractivity contribution in [2.24, 2.45) is 11.3 Å². The molecule has 1 aromatic rings. The van der Waals surface area contributed by atoms with Gasteiger partial charge in [-0.05, 0) is 89.1 Å². The van der Waals surface area contributed by atoms with E-state index in [1.54, 1.807) is 0 Å². The fraction of sp³-hybridized carbons (Fsp3) is 0.650. The number of hydrogen-bond donors (Lipinski definition) is 1. The number of rotatable bonds is 2. The minimum Gasteiger partial charge on any atom is -0.481 e. The molecule has 2 nitrogen and oxygen atoms in total. The topological polar surface area (TPSA) is 37.3 Å². The number of carboxylic acid groups (broad SMARTS) is 1. The Bertz CT molecular complexity index is 651. The molecule has 0 aromatic heterocycles. The number of carbonyl (C=O) groups is 1. The summed E-state index contributed by atoms with van der Waals surface area (Å²) in [4.78, 5) is 12.0. The van der Waals surface area contributed by atoms with Crippen molar-refractivity contribution in [2.75, 3.05) is 0 Å². The number of carboxylic acids is 1. The largest absolute Gasteiger partial charge is 0.481 e. The Morgan fingerprint density at radius 2 is 2.00 bits per heavy atom. The molecule has 1 saturated carbocycles. The summed E-state index contributed by atoms with van der Waals surface area (Å²) in [6.07, 6.45) is 4.97. The van der Waals surface area contributed by atoms with Crippen LogP contribution in [0, 0.1) is 14.9 Å². The zero-order chi connectivity index (χ0) is 17.0. The van der Waals surface area contributed by atoms with Gasteiger partial charge in [0.25, 0.3) is 0 Å². The Balaban J connectivity index is 2.14. The van der Waals surface area contributed by atoms with E-state index in [0.29, 0.717) is 5.92 Å². The summed E-state index contributed by atoms with van der Waals surface area (Å²) in [7, 11) is 0. The SMILES string of the molecule is CC(C)c1ccc2c(c1I)CCC1[C@](C)(C(=O)O)CCC[C@]21C. The van der Waals surface area contributed by atoms with Crippen LogP contribution in [0.2, 0.25) is 0 Å². The second-order valence-electron chi connectivity index (χ2n) is 8.23. The first-order valence-corrected chi connectivity index (χ1v) is 9.85. The van der Waals surface area contributed by atoms with Crippen LogP contribution in [0.25, 0.3) is 0 Å². The van der Waals surface area contributed by atoms with E-state index < -0.39 is 11.4 Å². The highest BCUT2D eigenvalue weighted by Crippen LogP contribution is 2.58. The van der Waals surface area contributed by atoms with E-state index in [9.17, 15) is 9.90 Å². The first-order chi connectivity index (χ1) is 10.7. The molecule has 2 aliphatic rings. The number of halogens is 1. The zero-order valence-electron chi connectivity index (χ0n) is 14.6. The van der Waals surface area contributed by atoms with Gasteiger partial charge in [-0.3, -0.25) is 4.79 Å². The number of benzene rings is 1. The van der Waals surface area contributed by atoms with Gasteiger partial charge in [-0.2, -0.15) is 0 Å². The Labute approximate surface area is 153 Å². The molecule has 0 aliphatic heterocycles. The molecule has 0 heterocycles. The minimum atomic E-state index is -0.606. The quantitative estimate of drug-likeness (QED) is 0.634. The molecular formula is C20H27IO2. The monoisotopic (exact) mass is 426 g/mol. The molecule has 1 unspecified atom stereocenters. The average Bonchev–Trinajstić information content (AvgIpc) is 2.47. The maximum absolute atomic E-state index is 12.0. The Morgan fingerprint density at radius 1 is 1.30 bits per heavy atom. The fourth-order valence-electron chi connectivity index (χ4n) is 5.24. The van der Waals surface area contributed by atoms with Gasteiger partial charge in [0, 0.05) is 3.57 Å². The van der Waals surface area contributed by atoms with Gasteiger partial charge in [0.05, 0.1) is 5.41 Å². The van der Waals surface area contributed by atoms with Gasteiger partial charge in [-0.25, -0.2) is 0 Å². The van der Waals surface area contributed by atoms with Gasteiger partial charge in [-0.1, -0.05) is 39.3 Å². The number of hydrogen-bond acceptors (Lipinski definition) is 1. The predicted molar refractivity (Wildman–Crippen MR) is 102 cm³/mol. The maximum atomic E-state index is 12.0. The molecule has 0 radical (unpaired) electrons. The Morgan fingerprint density at radius 3 is 2.61 bits per heavy atom. The van der Waals surface area contributed by atoms with Gasteiger partial charge in [0.15, 0.2) is 0 Å². The van der Waals surface area contributed by atoms with E-state index in [1.165, 1.54) is 20.3 Å². The normalized spacial score (nSPS) is 33.2. The summed E-state index contributed by atoms with van der Waals surface area (Å²) < 4.78 is 1.41. The van der Waals surface area contributed by atoms with E-state index in [4.69, 9.17) is 0 Å². The van der Waals surface area contributed by atoms with Crippen LogP contribution in [-0.4, -0.2) is 11.1 Å². The van der Waals surface area contributed by atoms with Crippen LogP contribution >= 0.6 is 22.6 Å². The van der Waals surface area contributed by atoms with E-state index in [1.807, 2.05) is 6.92 Å². The molecule has 0 saturated heterocycles. The fourth-order valence-corrected chi connectivity index (χ4v) is 6.61. The van der Waals surface area contributed by atoms with Crippen LogP contribution in [0.1, 0.15) is 76.0 Å². The van der Waals surface area contributed by atoms with Gasteiger partial charge >= 0.3 is 5.97 Å². The summed E-state index contributed by atoms with van der Waals surface area (Å²) in [6, 6.07) is 4.60. The molecule has 1 N–H and O–H groups in total. The lowest BCUT2D eigenvalue weighted by molar-refractivity contribution is -0.157. The van der Waals surface area contributed by atoms with Crippen molar-refractivity contribution in [3.63, 3.8) is 0 Å².